The van der Waals surface area contributed by atoms with Crippen LogP contribution in [-0.2, 0) is 9.36 Å². The first-order valence-corrected chi connectivity index (χ1v) is 8.63. The number of carbonyl (C=O) groups is 1. The van der Waals surface area contributed by atoms with Gasteiger partial charge in [0.15, 0.2) is 6.49 Å². The second-order valence-corrected chi connectivity index (χ2v) is 8.27. The Bertz CT molecular complexity index is 634. The molecule has 0 aliphatic rings. The van der Waals surface area contributed by atoms with Crippen LogP contribution in [0, 0.1) is 0 Å². The van der Waals surface area contributed by atoms with Gasteiger partial charge in [0, 0.05) is 17.9 Å². The molecule has 0 N–H and O–H groups in total. The molecule has 0 aromatic heterocycles. The lowest BCUT2D eigenvalue weighted by Gasteiger charge is -2.12. The molecule has 0 saturated heterocycles. The van der Waals surface area contributed by atoms with Crippen molar-refractivity contribution in [1.82, 2.24) is 0 Å². The normalized spacial score (nSPS) is 14.3. The average Bonchev–Trinajstić information content (AvgIpc) is 2.36. The lowest BCUT2D eigenvalue weighted by atomic mass is 10.1. The van der Waals surface area contributed by atoms with E-state index in [0.717, 1.165) is 10.8 Å². The first-order chi connectivity index (χ1) is 8.50. The fourth-order valence-electron chi connectivity index (χ4n) is 1.85. The third kappa shape index (κ3) is 2.95. The fourth-order valence-corrected chi connectivity index (χ4v) is 4.38. The smallest absolute Gasteiger partial charge is 0.222 e. The molecule has 2 aromatic carbocycles. The topological polar surface area (TPSA) is 34.1 Å². The zero-order chi connectivity index (χ0) is 13.2. The second-order valence-electron chi connectivity index (χ2n) is 3.98. The highest BCUT2D eigenvalue weighted by Crippen LogP contribution is 2.51. The number of hydrogen-bond acceptors (Lipinski definition) is 2. The molecule has 2 rings (SSSR count). The highest BCUT2D eigenvalue weighted by Gasteiger charge is 2.24. The third-order valence-electron chi connectivity index (χ3n) is 2.72. The van der Waals surface area contributed by atoms with Gasteiger partial charge in [-0.25, -0.2) is 0 Å². The molecule has 1 atom stereocenters. The van der Waals surface area contributed by atoms with E-state index in [1.54, 1.807) is 6.07 Å². The highest BCUT2D eigenvalue weighted by atomic mass is 35.7. The van der Waals surface area contributed by atoms with E-state index in [1.807, 2.05) is 36.4 Å². The summed E-state index contributed by atoms with van der Waals surface area (Å²) >= 11 is 11.4. The molecule has 2 aromatic rings. The molecule has 2 nitrogen and oxygen atoms in total. The Morgan fingerprint density at radius 2 is 1.78 bits per heavy atom. The molecule has 0 bridgehead atoms. The van der Waals surface area contributed by atoms with Crippen molar-refractivity contribution >= 4 is 50.7 Å². The molecule has 0 saturated carbocycles. The maximum absolute atomic E-state index is 12.5. The molecule has 18 heavy (non-hydrogen) atoms. The van der Waals surface area contributed by atoms with Gasteiger partial charge in [-0.2, -0.15) is 0 Å². The quantitative estimate of drug-likeness (QED) is 0.628. The molecule has 0 spiro atoms. The summed E-state index contributed by atoms with van der Waals surface area (Å²) in [5.41, 5.74) is 0. The van der Waals surface area contributed by atoms with E-state index in [2.05, 4.69) is 0 Å². The lowest BCUT2D eigenvalue weighted by Crippen LogP contribution is -2.06. The molecule has 0 radical (unpaired) electrons. The molecule has 0 fully saturated rings. The Hall–Kier alpha value is -0.820. The van der Waals surface area contributed by atoms with Crippen LogP contribution in [0.4, 0.5) is 0 Å². The molecular formula is C13H11Cl2O2P. The van der Waals surface area contributed by atoms with Crippen molar-refractivity contribution < 1.29 is 9.36 Å². The van der Waals surface area contributed by atoms with Gasteiger partial charge in [-0.05, 0) is 39.7 Å². The third-order valence-corrected chi connectivity index (χ3v) is 5.87. The number of carbonyl (C=O) groups excluding carboxylic acids is 1. The Labute approximate surface area is 115 Å². The van der Waals surface area contributed by atoms with Crippen molar-refractivity contribution in [3.05, 3.63) is 42.5 Å². The van der Waals surface area contributed by atoms with Gasteiger partial charge in [-0.1, -0.05) is 36.4 Å². The fraction of sp³-hybridized carbons (Fsp3) is 0.154. The zero-order valence-corrected chi connectivity index (χ0v) is 11.9. The van der Waals surface area contributed by atoms with E-state index >= 15 is 0 Å². The van der Waals surface area contributed by atoms with Crippen molar-refractivity contribution in [2.24, 2.45) is 0 Å². The van der Waals surface area contributed by atoms with Crippen molar-refractivity contribution in [1.29, 1.82) is 0 Å². The molecule has 94 valence electrons. The highest BCUT2D eigenvalue weighted by molar-refractivity contribution is 7.95. The predicted octanol–water partition coefficient (Wildman–Crippen LogP) is 4.14. The summed E-state index contributed by atoms with van der Waals surface area (Å²) in [4.78, 5) is 10.8. The molecule has 0 aliphatic heterocycles. The summed E-state index contributed by atoms with van der Waals surface area (Å²) in [6.45, 7) is -3.08. The van der Waals surface area contributed by atoms with E-state index in [4.69, 9.17) is 22.8 Å². The van der Waals surface area contributed by atoms with Crippen LogP contribution in [0.25, 0.3) is 10.8 Å². The van der Waals surface area contributed by atoms with Crippen LogP contribution < -0.4 is 5.30 Å². The van der Waals surface area contributed by atoms with E-state index in [-0.39, 0.29) is 12.6 Å². The van der Waals surface area contributed by atoms with Crippen molar-refractivity contribution in [3.63, 3.8) is 0 Å². The summed E-state index contributed by atoms with van der Waals surface area (Å²) in [6.07, 6.45) is 0.108. The summed E-state index contributed by atoms with van der Waals surface area (Å²) in [5.74, 6) is 0. The molecule has 0 aliphatic carbocycles. The van der Waals surface area contributed by atoms with Crippen LogP contribution >= 0.6 is 29.3 Å². The zero-order valence-electron chi connectivity index (χ0n) is 9.48. The summed E-state index contributed by atoms with van der Waals surface area (Å²) < 4.78 is 12.5. The van der Waals surface area contributed by atoms with E-state index in [9.17, 15) is 9.36 Å². The summed E-state index contributed by atoms with van der Waals surface area (Å²) in [5, 5.41) is 1.92. The van der Waals surface area contributed by atoms with Gasteiger partial charge in [0.2, 0.25) is 5.24 Å². The molecular weight excluding hydrogens is 290 g/mol. The van der Waals surface area contributed by atoms with Crippen LogP contribution in [0.5, 0.6) is 0 Å². The number of benzene rings is 2. The molecule has 5 heteroatoms. The Morgan fingerprint density at radius 3 is 2.50 bits per heavy atom. The minimum Gasteiger partial charge on any atom is -0.302 e. The van der Waals surface area contributed by atoms with Gasteiger partial charge < -0.3 is 4.57 Å². The van der Waals surface area contributed by atoms with Gasteiger partial charge >= 0.3 is 0 Å². The van der Waals surface area contributed by atoms with Gasteiger partial charge in [0.25, 0.3) is 0 Å². The SMILES string of the molecule is O=C(Cl)CCP(=O)(Cl)c1cccc2ccccc12. The van der Waals surface area contributed by atoms with Gasteiger partial charge in [-0.3, -0.25) is 4.79 Å². The largest absolute Gasteiger partial charge is 0.302 e. The molecule has 1 unspecified atom stereocenters. The number of fused-ring (bicyclic) bond motifs is 1. The monoisotopic (exact) mass is 300 g/mol. The minimum absolute atomic E-state index is 0.0194. The van der Waals surface area contributed by atoms with Crippen molar-refractivity contribution in [2.75, 3.05) is 6.16 Å². The van der Waals surface area contributed by atoms with Crippen molar-refractivity contribution in [3.8, 4) is 0 Å². The first kappa shape index (κ1) is 13.6. The van der Waals surface area contributed by atoms with Crippen LogP contribution in [0.15, 0.2) is 42.5 Å². The van der Waals surface area contributed by atoms with Crippen LogP contribution in [-0.4, -0.2) is 11.4 Å². The van der Waals surface area contributed by atoms with E-state index in [0.29, 0.717) is 5.30 Å². The number of rotatable bonds is 4. The molecule has 0 amide bonds. The predicted molar refractivity (Wildman–Crippen MR) is 77.4 cm³/mol. The van der Waals surface area contributed by atoms with Crippen LogP contribution in [0.2, 0.25) is 0 Å². The van der Waals surface area contributed by atoms with E-state index < -0.39 is 11.7 Å². The lowest BCUT2D eigenvalue weighted by molar-refractivity contribution is -0.111. The maximum atomic E-state index is 12.5. The number of hydrogen-bond donors (Lipinski definition) is 0. The number of halogens is 2. The molecule has 0 heterocycles. The Morgan fingerprint density at radius 1 is 1.11 bits per heavy atom. The van der Waals surface area contributed by atoms with Crippen LogP contribution in [0.1, 0.15) is 6.42 Å². The standard InChI is InChI=1S/C13H11Cl2O2P/c14-13(16)8-9-18(15,17)12-7-3-5-10-4-1-2-6-11(10)12/h1-7H,8-9H2. The summed E-state index contributed by atoms with van der Waals surface area (Å²) in [6, 6.07) is 13.1. The first-order valence-electron chi connectivity index (χ1n) is 5.46. The van der Waals surface area contributed by atoms with Gasteiger partial charge in [0.1, 0.15) is 0 Å². The van der Waals surface area contributed by atoms with E-state index in [1.165, 1.54) is 0 Å². The van der Waals surface area contributed by atoms with Crippen molar-refractivity contribution in [2.45, 2.75) is 6.42 Å². The van der Waals surface area contributed by atoms with Gasteiger partial charge in [-0.15, -0.1) is 0 Å². The summed E-state index contributed by atoms with van der Waals surface area (Å²) in [7, 11) is 0. The minimum atomic E-state index is -3.08. The maximum Gasteiger partial charge on any atom is 0.222 e. The van der Waals surface area contributed by atoms with Gasteiger partial charge in [0.05, 0.1) is 0 Å². The Balaban J connectivity index is 2.47. The average molecular weight is 301 g/mol. The Kier molecular flexibility index (Phi) is 4.11. The van der Waals surface area contributed by atoms with Crippen LogP contribution in [0.3, 0.4) is 0 Å². The second kappa shape index (κ2) is 5.44.